The molecule has 0 unspecified atom stereocenters. The number of carbonyl (C=O) groups excluding carboxylic acids is 1. The van der Waals surface area contributed by atoms with Crippen molar-refractivity contribution in [2.75, 3.05) is 25.5 Å². The molecule has 2 aromatic rings. The average molecular weight is 309 g/mol. The van der Waals surface area contributed by atoms with E-state index in [9.17, 15) is 4.79 Å². The second kappa shape index (κ2) is 6.82. The Morgan fingerprint density at radius 1 is 1.26 bits per heavy atom. The number of carbonyl (C=O) groups is 1. The Bertz CT molecular complexity index is 669. The molecule has 1 amide bonds. The zero-order valence-electron chi connectivity index (χ0n) is 13.8. The fourth-order valence-corrected chi connectivity index (χ4v) is 3.20. The van der Waals surface area contributed by atoms with Crippen LogP contribution in [0.15, 0.2) is 48.8 Å². The summed E-state index contributed by atoms with van der Waals surface area (Å²) in [5.74, 6) is 0.203. The van der Waals surface area contributed by atoms with E-state index in [2.05, 4.69) is 34.1 Å². The van der Waals surface area contributed by atoms with Gasteiger partial charge in [-0.05, 0) is 48.2 Å². The Hall–Kier alpha value is -2.36. The molecule has 4 nitrogen and oxygen atoms in total. The van der Waals surface area contributed by atoms with Crippen molar-refractivity contribution in [3.05, 3.63) is 59.9 Å². The lowest BCUT2D eigenvalue weighted by Gasteiger charge is -2.26. The molecule has 4 heteroatoms. The SMILES string of the molecule is CN(C)c1cccc([C@@H]2CCCN2C(=O)Cc2ccncc2)c1. The number of hydrogen-bond acceptors (Lipinski definition) is 3. The van der Waals surface area contributed by atoms with E-state index >= 15 is 0 Å². The van der Waals surface area contributed by atoms with E-state index < -0.39 is 0 Å². The number of rotatable bonds is 4. The predicted molar refractivity (Wildman–Crippen MR) is 92.4 cm³/mol. The summed E-state index contributed by atoms with van der Waals surface area (Å²) < 4.78 is 0. The van der Waals surface area contributed by atoms with Crippen LogP contribution >= 0.6 is 0 Å². The molecule has 1 saturated heterocycles. The predicted octanol–water partition coefficient (Wildman–Crippen LogP) is 3.05. The Kier molecular flexibility index (Phi) is 4.60. The lowest BCUT2D eigenvalue weighted by atomic mass is 10.0. The first-order valence-electron chi connectivity index (χ1n) is 8.11. The maximum atomic E-state index is 12.7. The Morgan fingerprint density at radius 3 is 2.78 bits per heavy atom. The van der Waals surface area contributed by atoms with Crippen molar-refractivity contribution in [3.8, 4) is 0 Å². The van der Waals surface area contributed by atoms with Gasteiger partial charge in [-0.3, -0.25) is 9.78 Å². The van der Waals surface area contributed by atoms with Gasteiger partial charge in [0.1, 0.15) is 0 Å². The van der Waals surface area contributed by atoms with E-state index in [0.29, 0.717) is 6.42 Å². The lowest BCUT2D eigenvalue weighted by molar-refractivity contribution is -0.131. The van der Waals surface area contributed by atoms with Crippen molar-refractivity contribution in [1.82, 2.24) is 9.88 Å². The molecule has 1 atom stereocenters. The number of hydrogen-bond donors (Lipinski definition) is 0. The van der Waals surface area contributed by atoms with Gasteiger partial charge in [0.15, 0.2) is 0 Å². The molecule has 0 saturated carbocycles. The number of likely N-dealkylation sites (tertiary alicyclic amines) is 1. The van der Waals surface area contributed by atoms with Gasteiger partial charge in [0, 0.05) is 38.7 Å². The van der Waals surface area contributed by atoms with Crippen LogP contribution in [0.4, 0.5) is 5.69 Å². The van der Waals surface area contributed by atoms with Gasteiger partial charge < -0.3 is 9.80 Å². The van der Waals surface area contributed by atoms with Crippen molar-refractivity contribution < 1.29 is 4.79 Å². The van der Waals surface area contributed by atoms with E-state index in [1.807, 2.05) is 31.1 Å². The molecule has 1 fully saturated rings. The van der Waals surface area contributed by atoms with Gasteiger partial charge in [-0.2, -0.15) is 0 Å². The molecule has 1 aromatic heterocycles. The zero-order valence-corrected chi connectivity index (χ0v) is 13.8. The summed E-state index contributed by atoms with van der Waals surface area (Å²) in [7, 11) is 4.08. The summed E-state index contributed by atoms with van der Waals surface area (Å²) in [5, 5.41) is 0. The molecular weight excluding hydrogens is 286 g/mol. The van der Waals surface area contributed by atoms with Crippen LogP contribution in [0.25, 0.3) is 0 Å². The molecular formula is C19H23N3O. The lowest BCUT2D eigenvalue weighted by Crippen LogP contribution is -2.31. The molecule has 120 valence electrons. The topological polar surface area (TPSA) is 36.4 Å². The van der Waals surface area contributed by atoms with E-state index in [0.717, 1.165) is 24.9 Å². The summed E-state index contributed by atoms with van der Waals surface area (Å²) in [4.78, 5) is 20.9. The molecule has 1 aliphatic heterocycles. The average Bonchev–Trinajstić information content (AvgIpc) is 3.05. The number of nitrogens with zero attached hydrogens (tertiary/aromatic N) is 3. The third-order valence-electron chi connectivity index (χ3n) is 4.45. The van der Waals surface area contributed by atoms with Gasteiger partial charge in [0.05, 0.1) is 12.5 Å². The first-order valence-corrected chi connectivity index (χ1v) is 8.11. The van der Waals surface area contributed by atoms with Gasteiger partial charge in [0.2, 0.25) is 5.91 Å². The Balaban J connectivity index is 1.77. The molecule has 23 heavy (non-hydrogen) atoms. The van der Waals surface area contributed by atoms with E-state index in [-0.39, 0.29) is 11.9 Å². The quantitative estimate of drug-likeness (QED) is 0.871. The van der Waals surface area contributed by atoms with Crippen molar-refractivity contribution in [2.24, 2.45) is 0 Å². The third kappa shape index (κ3) is 3.52. The van der Waals surface area contributed by atoms with Crippen LogP contribution in [0.2, 0.25) is 0 Å². The van der Waals surface area contributed by atoms with E-state index in [4.69, 9.17) is 0 Å². The molecule has 3 rings (SSSR count). The van der Waals surface area contributed by atoms with Crippen LogP contribution in [0.1, 0.15) is 30.0 Å². The normalized spacial score (nSPS) is 17.3. The molecule has 1 aromatic carbocycles. The number of amides is 1. The summed E-state index contributed by atoms with van der Waals surface area (Å²) >= 11 is 0. The molecule has 0 spiro atoms. The fraction of sp³-hybridized carbons (Fsp3) is 0.368. The second-order valence-electron chi connectivity index (χ2n) is 6.27. The standard InChI is InChI=1S/C19H23N3O/c1-21(2)17-6-3-5-16(14-17)18-7-4-12-22(18)19(23)13-15-8-10-20-11-9-15/h3,5-6,8-11,14,18H,4,7,12-13H2,1-2H3/t18-/m0/s1. The van der Waals surface area contributed by atoms with E-state index in [1.165, 1.54) is 11.3 Å². The highest BCUT2D eigenvalue weighted by molar-refractivity contribution is 5.79. The molecule has 0 radical (unpaired) electrons. The molecule has 0 aliphatic carbocycles. The van der Waals surface area contributed by atoms with Crippen molar-refractivity contribution in [2.45, 2.75) is 25.3 Å². The Morgan fingerprint density at radius 2 is 2.04 bits per heavy atom. The van der Waals surface area contributed by atoms with Gasteiger partial charge >= 0.3 is 0 Å². The first-order chi connectivity index (χ1) is 11.1. The molecule has 2 heterocycles. The first kappa shape index (κ1) is 15.5. The number of aromatic nitrogens is 1. The number of anilines is 1. The highest BCUT2D eigenvalue weighted by Crippen LogP contribution is 2.33. The van der Waals surface area contributed by atoms with Crippen LogP contribution in [-0.2, 0) is 11.2 Å². The van der Waals surface area contributed by atoms with Crippen molar-refractivity contribution in [1.29, 1.82) is 0 Å². The van der Waals surface area contributed by atoms with Crippen LogP contribution < -0.4 is 4.90 Å². The monoisotopic (exact) mass is 309 g/mol. The van der Waals surface area contributed by atoms with Crippen LogP contribution in [-0.4, -0.2) is 36.4 Å². The van der Waals surface area contributed by atoms with Gasteiger partial charge in [0.25, 0.3) is 0 Å². The minimum absolute atomic E-state index is 0.198. The second-order valence-corrected chi connectivity index (χ2v) is 6.27. The van der Waals surface area contributed by atoms with Crippen molar-refractivity contribution in [3.63, 3.8) is 0 Å². The largest absolute Gasteiger partial charge is 0.378 e. The van der Waals surface area contributed by atoms with Crippen LogP contribution in [0, 0.1) is 0 Å². The third-order valence-corrected chi connectivity index (χ3v) is 4.45. The zero-order chi connectivity index (χ0) is 16.2. The number of pyridine rings is 1. The summed E-state index contributed by atoms with van der Waals surface area (Å²) in [5.41, 5.74) is 3.44. The maximum absolute atomic E-state index is 12.7. The van der Waals surface area contributed by atoms with Crippen molar-refractivity contribution >= 4 is 11.6 Å². The van der Waals surface area contributed by atoms with Gasteiger partial charge in [-0.15, -0.1) is 0 Å². The fourth-order valence-electron chi connectivity index (χ4n) is 3.20. The highest BCUT2D eigenvalue weighted by Gasteiger charge is 2.29. The van der Waals surface area contributed by atoms with Gasteiger partial charge in [-0.25, -0.2) is 0 Å². The summed E-state index contributed by atoms with van der Waals surface area (Å²) in [6.45, 7) is 0.848. The summed E-state index contributed by atoms with van der Waals surface area (Å²) in [6.07, 6.45) is 6.04. The van der Waals surface area contributed by atoms with Crippen LogP contribution in [0.3, 0.4) is 0 Å². The van der Waals surface area contributed by atoms with Crippen LogP contribution in [0.5, 0.6) is 0 Å². The van der Waals surface area contributed by atoms with Gasteiger partial charge in [-0.1, -0.05) is 12.1 Å². The minimum Gasteiger partial charge on any atom is -0.378 e. The molecule has 1 aliphatic rings. The smallest absolute Gasteiger partial charge is 0.227 e. The molecule has 0 N–H and O–H groups in total. The maximum Gasteiger partial charge on any atom is 0.227 e. The summed E-state index contributed by atoms with van der Waals surface area (Å²) in [6, 6.07) is 12.5. The Labute approximate surface area is 137 Å². The minimum atomic E-state index is 0.198. The number of benzene rings is 1. The highest BCUT2D eigenvalue weighted by atomic mass is 16.2. The van der Waals surface area contributed by atoms with E-state index in [1.54, 1.807) is 12.4 Å². The molecule has 0 bridgehead atoms.